The molecule has 1 aliphatic carbocycles. The Bertz CT molecular complexity index is 388. The van der Waals surface area contributed by atoms with Gasteiger partial charge >= 0.3 is 0 Å². The third-order valence-electron chi connectivity index (χ3n) is 3.64. The number of benzene rings is 1. The summed E-state index contributed by atoms with van der Waals surface area (Å²) in [6, 6.07) is 7.31. The molecule has 1 fully saturated rings. The Balaban J connectivity index is 1.70. The highest BCUT2D eigenvalue weighted by Crippen LogP contribution is 2.20. The predicted octanol–water partition coefficient (Wildman–Crippen LogP) is 2.14. The van der Waals surface area contributed by atoms with Crippen LogP contribution < -0.4 is 15.4 Å². The van der Waals surface area contributed by atoms with Crippen molar-refractivity contribution in [2.75, 3.05) is 26.7 Å². The molecule has 1 aliphatic rings. The molecule has 0 heterocycles. The fourth-order valence-corrected chi connectivity index (χ4v) is 2.25. The lowest BCUT2D eigenvalue weighted by Gasteiger charge is -2.11. The summed E-state index contributed by atoms with van der Waals surface area (Å²) in [7, 11) is 1.75. The molecule has 0 unspecified atom stereocenters. The van der Waals surface area contributed by atoms with Gasteiger partial charge in [0, 0.05) is 19.1 Å². The molecule has 0 radical (unpaired) electrons. The minimum Gasteiger partial charge on any atom is -0.496 e. The summed E-state index contributed by atoms with van der Waals surface area (Å²) in [5, 5.41) is 7.00. The average Bonchev–Trinajstić information content (AvgIpc) is 3.26. The maximum absolute atomic E-state index is 5.42. The third kappa shape index (κ3) is 4.84. The summed E-state index contributed by atoms with van der Waals surface area (Å²) in [6.45, 7) is 5.33. The molecule has 3 heteroatoms. The molecular formula is C16H26N2O. The van der Waals surface area contributed by atoms with Gasteiger partial charge in [-0.05, 0) is 49.4 Å². The quantitative estimate of drug-likeness (QED) is 0.669. The van der Waals surface area contributed by atoms with E-state index in [4.69, 9.17) is 4.74 Å². The van der Waals surface area contributed by atoms with Crippen LogP contribution in [0.25, 0.3) is 0 Å². The predicted molar refractivity (Wildman–Crippen MR) is 80.0 cm³/mol. The van der Waals surface area contributed by atoms with E-state index in [0.717, 1.165) is 44.3 Å². The van der Waals surface area contributed by atoms with Crippen LogP contribution in [0.5, 0.6) is 5.75 Å². The number of hydrogen-bond donors (Lipinski definition) is 2. The standard InChI is InChI=1S/C16H26N2O/c1-3-13-4-7-16(19-2)14(12-13)8-9-17-10-11-18-15-5-6-15/h4,7,12,15,17-18H,3,5-6,8-11H2,1-2H3. The third-order valence-corrected chi connectivity index (χ3v) is 3.64. The molecule has 2 rings (SSSR count). The zero-order chi connectivity index (χ0) is 13.5. The first-order valence-corrected chi connectivity index (χ1v) is 7.43. The van der Waals surface area contributed by atoms with Crippen LogP contribution in [0.3, 0.4) is 0 Å². The molecule has 0 aromatic heterocycles. The van der Waals surface area contributed by atoms with Gasteiger partial charge in [-0.2, -0.15) is 0 Å². The minimum atomic E-state index is 0.808. The van der Waals surface area contributed by atoms with E-state index in [2.05, 4.69) is 35.8 Å². The molecule has 0 saturated heterocycles. The van der Waals surface area contributed by atoms with Crippen LogP contribution in [-0.4, -0.2) is 32.8 Å². The number of rotatable bonds is 9. The van der Waals surface area contributed by atoms with Crippen molar-refractivity contribution in [2.45, 2.75) is 38.6 Å². The van der Waals surface area contributed by atoms with Crippen LogP contribution in [0.4, 0.5) is 0 Å². The fourth-order valence-electron chi connectivity index (χ4n) is 2.25. The summed E-state index contributed by atoms with van der Waals surface area (Å²) >= 11 is 0. The summed E-state index contributed by atoms with van der Waals surface area (Å²) in [5.74, 6) is 1.01. The van der Waals surface area contributed by atoms with Gasteiger partial charge in [0.05, 0.1) is 7.11 Å². The molecule has 1 aromatic carbocycles. The minimum absolute atomic E-state index is 0.808. The monoisotopic (exact) mass is 262 g/mol. The molecule has 1 saturated carbocycles. The van der Waals surface area contributed by atoms with E-state index in [0.29, 0.717) is 0 Å². The first-order valence-electron chi connectivity index (χ1n) is 7.43. The Morgan fingerprint density at radius 2 is 2.05 bits per heavy atom. The fraction of sp³-hybridized carbons (Fsp3) is 0.625. The second-order valence-corrected chi connectivity index (χ2v) is 5.23. The van der Waals surface area contributed by atoms with E-state index in [1.165, 1.54) is 24.0 Å². The first kappa shape index (κ1) is 14.4. The Hall–Kier alpha value is -1.06. The molecule has 0 spiro atoms. The van der Waals surface area contributed by atoms with Gasteiger partial charge in [-0.3, -0.25) is 0 Å². The Labute approximate surface area is 116 Å². The molecule has 0 amide bonds. The molecule has 0 bridgehead atoms. The van der Waals surface area contributed by atoms with Gasteiger partial charge in [0.25, 0.3) is 0 Å². The van der Waals surface area contributed by atoms with Crippen LogP contribution in [0.2, 0.25) is 0 Å². The number of methoxy groups -OCH3 is 1. The summed E-state index contributed by atoms with van der Waals surface area (Å²) < 4.78 is 5.42. The van der Waals surface area contributed by atoms with Crippen molar-refractivity contribution in [3.05, 3.63) is 29.3 Å². The van der Waals surface area contributed by atoms with Crippen molar-refractivity contribution in [2.24, 2.45) is 0 Å². The zero-order valence-electron chi connectivity index (χ0n) is 12.2. The summed E-state index contributed by atoms with van der Waals surface area (Å²) in [6.07, 6.45) is 4.83. The van der Waals surface area contributed by atoms with Crippen LogP contribution in [0, 0.1) is 0 Å². The van der Waals surface area contributed by atoms with Crippen molar-refractivity contribution in [1.82, 2.24) is 10.6 Å². The largest absolute Gasteiger partial charge is 0.496 e. The highest BCUT2D eigenvalue weighted by Gasteiger charge is 2.19. The SMILES string of the molecule is CCc1ccc(OC)c(CCNCCNC2CC2)c1. The molecule has 0 aliphatic heterocycles. The highest BCUT2D eigenvalue weighted by molar-refractivity contribution is 5.37. The normalized spacial score (nSPS) is 14.6. The zero-order valence-corrected chi connectivity index (χ0v) is 12.2. The topological polar surface area (TPSA) is 33.3 Å². The van der Waals surface area contributed by atoms with Crippen molar-refractivity contribution < 1.29 is 4.74 Å². The number of aryl methyl sites for hydroxylation is 1. The molecule has 1 aromatic rings. The first-order chi connectivity index (χ1) is 9.33. The molecule has 19 heavy (non-hydrogen) atoms. The van der Waals surface area contributed by atoms with E-state index >= 15 is 0 Å². The van der Waals surface area contributed by atoms with Gasteiger partial charge < -0.3 is 15.4 Å². The van der Waals surface area contributed by atoms with E-state index in [1.54, 1.807) is 7.11 Å². The maximum atomic E-state index is 5.42. The maximum Gasteiger partial charge on any atom is 0.122 e. The van der Waals surface area contributed by atoms with Crippen LogP contribution in [0.1, 0.15) is 30.9 Å². The van der Waals surface area contributed by atoms with Crippen molar-refractivity contribution >= 4 is 0 Å². The lowest BCUT2D eigenvalue weighted by molar-refractivity contribution is 0.409. The highest BCUT2D eigenvalue weighted by atomic mass is 16.5. The van der Waals surface area contributed by atoms with Gasteiger partial charge in [0.15, 0.2) is 0 Å². The van der Waals surface area contributed by atoms with E-state index in [9.17, 15) is 0 Å². The molecule has 3 nitrogen and oxygen atoms in total. The van der Waals surface area contributed by atoms with Crippen LogP contribution in [0.15, 0.2) is 18.2 Å². The van der Waals surface area contributed by atoms with Crippen LogP contribution >= 0.6 is 0 Å². The Kier molecular flexibility index (Phi) is 5.67. The van der Waals surface area contributed by atoms with Gasteiger partial charge in [0.1, 0.15) is 5.75 Å². The number of hydrogen-bond acceptors (Lipinski definition) is 3. The number of nitrogens with one attached hydrogen (secondary N) is 2. The van der Waals surface area contributed by atoms with Gasteiger partial charge in [0.2, 0.25) is 0 Å². The molecule has 2 N–H and O–H groups in total. The van der Waals surface area contributed by atoms with Crippen LogP contribution in [-0.2, 0) is 12.8 Å². The van der Waals surface area contributed by atoms with Gasteiger partial charge in [-0.15, -0.1) is 0 Å². The second-order valence-electron chi connectivity index (χ2n) is 5.23. The Morgan fingerprint density at radius 1 is 1.21 bits per heavy atom. The van der Waals surface area contributed by atoms with E-state index < -0.39 is 0 Å². The molecule has 106 valence electrons. The summed E-state index contributed by atoms with van der Waals surface area (Å²) in [4.78, 5) is 0. The average molecular weight is 262 g/mol. The number of ether oxygens (including phenoxy) is 1. The van der Waals surface area contributed by atoms with Crippen molar-refractivity contribution in [3.63, 3.8) is 0 Å². The summed E-state index contributed by atoms with van der Waals surface area (Å²) in [5.41, 5.74) is 2.69. The second kappa shape index (κ2) is 7.51. The lowest BCUT2D eigenvalue weighted by atomic mass is 10.1. The Morgan fingerprint density at radius 3 is 2.74 bits per heavy atom. The molecular weight excluding hydrogens is 236 g/mol. The van der Waals surface area contributed by atoms with Gasteiger partial charge in [-0.1, -0.05) is 19.1 Å². The van der Waals surface area contributed by atoms with E-state index in [1.807, 2.05) is 0 Å². The van der Waals surface area contributed by atoms with E-state index in [-0.39, 0.29) is 0 Å². The smallest absolute Gasteiger partial charge is 0.122 e. The van der Waals surface area contributed by atoms with Gasteiger partial charge in [-0.25, -0.2) is 0 Å². The lowest BCUT2D eigenvalue weighted by Crippen LogP contribution is -2.29. The van der Waals surface area contributed by atoms with Crippen molar-refractivity contribution in [1.29, 1.82) is 0 Å². The van der Waals surface area contributed by atoms with Crippen molar-refractivity contribution in [3.8, 4) is 5.75 Å². The molecule has 0 atom stereocenters.